The maximum absolute atomic E-state index is 12.0. The number of phenols is 1. The maximum atomic E-state index is 12.0. The van der Waals surface area contributed by atoms with E-state index in [-0.39, 0.29) is 11.2 Å². The normalized spacial score (nSPS) is 15.0. The SMILES string of the molecule is Cc1cccc(C)c1-n1c(-c2ccc(-c3ccc(C4CCC(C)(C)CC4)cc3)cc2O)nc2c(-c3cc(-c4cc5oc6cc([Si](C)(C)C)cc7oc(n4)c5c67)cc(C(C)(C)C)c3)cccc21. The van der Waals surface area contributed by atoms with E-state index in [1.165, 1.54) is 42.0 Å². The Hall–Kier alpha value is -6.44. The molecule has 6 aromatic carbocycles. The molecule has 0 unspecified atom stereocenters. The molecular formula is C59H59N3O3Si. The smallest absolute Gasteiger partial charge is 0.231 e. The summed E-state index contributed by atoms with van der Waals surface area (Å²) in [4.78, 5) is 10.7. The van der Waals surface area contributed by atoms with Gasteiger partial charge in [0.25, 0.3) is 0 Å². The highest BCUT2D eigenvalue weighted by Crippen LogP contribution is 2.45. The molecule has 1 aliphatic carbocycles. The fraction of sp³-hybridized carbons (Fsp3) is 0.288. The van der Waals surface area contributed by atoms with Crippen LogP contribution in [0.4, 0.5) is 0 Å². The van der Waals surface area contributed by atoms with Crippen LogP contribution in [0.2, 0.25) is 19.6 Å². The quantitative estimate of drug-likeness (QED) is 0.161. The third-order valence-electron chi connectivity index (χ3n) is 14.6. The largest absolute Gasteiger partial charge is 0.507 e. The highest BCUT2D eigenvalue weighted by atomic mass is 28.3. The molecule has 0 bridgehead atoms. The number of benzene rings is 6. The van der Waals surface area contributed by atoms with Crippen molar-refractivity contribution in [3.05, 3.63) is 138 Å². The minimum Gasteiger partial charge on any atom is -0.507 e. The third-order valence-corrected chi connectivity index (χ3v) is 16.6. The average molecular weight is 886 g/mol. The fourth-order valence-electron chi connectivity index (χ4n) is 10.5. The number of pyridine rings is 1. The summed E-state index contributed by atoms with van der Waals surface area (Å²) in [5.41, 5.74) is 17.6. The molecule has 10 aromatic rings. The first-order valence-electron chi connectivity index (χ1n) is 23.7. The number of hydrogen-bond donors (Lipinski definition) is 1. The summed E-state index contributed by atoms with van der Waals surface area (Å²) in [6.07, 6.45) is 5.01. The molecular weight excluding hydrogens is 827 g/mol. The van der Waals surface area contributed by atoms with Gasteiger partial charge in [-0.25, -0.2) is 9.97 Å². The molecule has 11 rings (SSSR count). The first kappa shape index (κ1) is 42.2. The lowest BCUT2D eigenvalue weighted by molar-refractivity contribution is 0.224. The molecule has 0 aliphatic heterocycles. The second kappa shape index (κ2) is 15.0. The Bertz CT molecular complexity index is 3420. The Labute approximate surface area is 388 Å². The summed E-state index contributed by atoms with van der Waals surface area (Å²) in [7, 11) is -1.62. The lowest BCUT2D eigenvalue weighted by atomic mass is 9.71. The summed E-state index contributed by atoms with van der Waals surface area (Å²) in [5.74, 6) is 1.49. The van der Waals surface area contributed by atoms with Gasteiger partial charge in [0.1, 0.15) is 28.3 Å². The molecule has 1 fully saturated rings. The van der Waals surface area contributed by atoms with Gasteiger partial charge in [-0.1, -0.05) is 126 Å². The minimum absolute atomic E-state index is 0.167. The number of fused-ring (bicyclic) bond motifs is 1. The van der Waals surface area contributed by atoms with Crippen molar-refractivity contribution in [3.63, 3.8) is 0 Å². The van der Waals surface area contributed by atoms with Crippen LogP contribution in [0.5, 0.6) is 5.75 Å². The van der Waals surface area contributed by atoms with Crippen molar-refractivity contribution in [2.45, 2.75) is 105 Å². The lowest BCUT2D eigenvalue weighted by Crippen LogP contribution is -2.37. The molecule has 7 heteroatoms. The number of hydrogen-bond acceptors (Lipinski definition) is 5. The molecule has 332 valence electrons. The van der Waals surface area contributed by atoms with E-state index in [9.17, 15) is 5.11 Å². The number of aromatic hydroxyl groups is 1. The van der Waals surface area contributed by atoms with Crippen molar-refractivity contribution < 1.29 is 13.9 Å². The number of rotatable bonds is 7. The predicted octanol–water partition coefficient (Wildman–Crippen LogP) is 16.0. The molecule has 0 amide bonds. The summed E-state index contributed by atoms with van der Waals surface area (Å²) in [6, 6.07) is 41.1. The topological polar surface area (TPSA) is 77.2 Å². The molecule has 6 nitrogen and oxygen atoms in total. The highest BCUT2D eigenvalue weighted by Gasteiger charge is 2.29. The summed E-state index contributed by atoms with van der Waals surface area (Å²) in [6.45, 7) is 22.8. The van der Waals surface area contributed by atoms with Gasteiger partial charge in [0.15, 0.2) is 0 Å². The molecule has 4 aromatic heterocycles. The zero-order valence-corrected chi connectivity index (χ0v) is 41.0. The van der Waals surface area contributed by atoms with E-state index in [0.29, 0.717) is 28.4 Å². The van der Waals surface area contributed by atoms with Crippen molar-refractivity contribution in [1.82, 2.24) is 14.5 Å². The van der Waals surface area contributed by atoms with Gasteiger partial charge in [-0.15, -0.1) is 0 Å². The molecule has 0 radical (unpaired) electrons. The molecule has 0 saturated heterocycles. The second-order valence-electron chi connectivity index (χ2n) is 22.0. The van der Waals surface area contributed by atoms with E-state index in [0.717, 1.165) is 88.9 Å². The Balaban J connectivity index is 1.04. The average Bonchev–Trinajstić information content (AvgIpc) is 3.97. The number of aromatic nitrogens is 3. The van der Waals surface area contributed by atoms with Crippen molar-refractivity contribution in [2.75, 3.05) is 0 Å². The predicted molar refractivity (Wildman–Crippen MR) is 277 cm³/mol. The van der Waals surface area contributed by atoms with Gasteiger partial charge in [0, 0.05) is 17.2 Å². The summed E-state index contributed by atoms with van der Waals surface area (Å²) >= 11 is 0. The Morgan fingerprint density at radius 3 is 2.00 bits per heavy atom. The number of aryl methyl sites for hydroxylation is 2. The van der Waals surface area contributed by atoms with Crippen LogP contribution in [-0.2, 0) is 5.41 Å². The highest BCUT2D eigenvalue weighted by molar-refractivity contribution is 6.89. The van der Waals surface area contributed by atoms with Gasteiger partial charge in [-0.05, 0) is 138 Å². The lowest BCUT2D eigenvalue weighted by Gasteiger charge is -2.34. The van der Waals surface area contributed by atoms with Crippen LogP contribution in [0.3, 0.4) is 0 Å². The van der Waals surface area contributed by atoms with E-state index in [2.05, 4.69) is 176 Å². The van der Waals surface area contributed by atoms with Gasteiger partial charge < -0.3 is 13.9 Å². The van der Waals surface area contributed by atoms with Crippen LogP contribution in [-0.4, -0.2) is 27.7 Å². The number of furan rings is 2. The molecule has 4 heterocycles. The van der Waals surface area contributed by atoms with Crippen LogP contribution in [0, 0.1) is 19.3 Å². The van der Waals surface area contributed by atoms with Gasteiger partial charge in [-0.2, -0.15) is 0 Å². The molecule has 1 aliphatic rings. The number of para-hydroxylation sites is 2. The zero-order valence-electron chi connectivity index (χ0n) is 40.0. The van der Waals surface area contributed by atoms with E-state index >= 15 is 0 Å². The third kappa shape index (κ3) is 7.14. The van der Waals surface area contributed by atoms with E-state index in [1.807, 2.05) is 12.1 Å². The first-order chi connectivity index (χ1) is 31.4. The summed E-state index contributed by atoms with van der Waals surface area (Å²) in [5, 5.41) is 15.3. The van der Waals surface area contributed by atoms with Crippen LogP contribution < -0.4 is 5.19 Å². The van der Waals surface area contributed by atoms with E-state index in [1.54, 1.807) is 0 Å². The van der Waals surface area contributed by atoms with Crippen LogP contribution in [0.1, 0.15) is 88.5 Å². The Kier molecular flexibility index (Phi) is 9.62. The zero-order chi connectivity index (χ0) is 46.0. The van der Waals surface area contributed by atoms with Gasteiger partial charge in [0.2, 0.25) is 5.71 Å². The van der Waals surface area contributed by atoms with Crippen LogP contribution >= 0.6 is 0 Å². The Morgan fingerprint density at radius 1 is 0.667 bits per heavy atom. The van der Waals surface area contributed by atoms with Crippen molar-refractivity contribution >= 4 is 57.5 Å². The van der Waals surface area contributed by atoms with Gasteiger partial charge >= 0.3 is 0 Å². The number of imidazole rings is 1. The van der Waals surface area contributed by atoms with E-state index < -0.39 is 8.07 Å². The fourth-order valence-corrected chi connectivity index (χ4v) is 11.7. The maximum Gasteiger partial charge on any atom is 0.231 e. The van der Waals surface area contributed by atoms with Crippen molar-refractivity contribution in [3.8, 4) is 56.3 Å². The van der Waals surface area contributed by atoms with Gasteiger partial charge in [-0.3, -0.25) is 4.57 Å². The molecule has 0 atom stereocenters. The molecule has 1 saturated carbocycles. The second-order valence-corrected chi connectivity index (χ2v) is 27.1. The minimum atomic E-state index is -1.62. The van der Waals surface area contributed by atoms with Crippen molar-refractivity contribution in [1.29, 1.82) is 0 Å². The number of nitrogens with zero attached hydrogens (tertiary/aromatic N) is 3. The van der Waals surface area contributed by atoms with Crippen LogP contribution in [0.15, 0.2) is 124 Å². The van der Waals surface area contributed by atoms with Gasteiger partial charge in [0.05, 0.1) is 46.8 Å². The Morgan fingerprint density at radius 2 is 1.32 bits per heavy atom. The van der Waals surface area contributed by atoms with E-state index in [4.69, 9.17) is 18.8 Å². The molecule has 1 N–H and O–H groups in total. The van der Waals surface area contributed by atoms with Crippen LogP contribution in [0.25, 0.3) is 94.9 Å². The molecule has 66 heavy (non-hydrogen) atoms. The summed E-state index contributed by atoms with van der Waals surface area (Å²) < 4.78 is 15.4. The first-order valence-corrected chi connectivity index (χ1v) is 27.2. The number of phenolic OH excluding ortho intramolecular Hbond substituents is 1. The van der Waals surface area contributed by atoms with Crippen molar-refractivity contribution in [2.24, 2.45) is 5.41 Å². The molecule has 0 spiro atoms. The standard InChI is InChI=1S/C59H59N3O3Si/c1-34-13-11-14-35(2)55(34)62-47-16-12-15-44(54(47)61-56(62)45-22-21-39(30-48(45)63)37-19-17-36(18-20-37)38-23-25-59(6,7)26-24-38)40-27-41(29-42(28-40)58(3,4)5)46-33-51-53-52-49(64-51)31-43(66(8,9)10)32-50(52)65-57(53)60-46/h11-22,27-33,38,63H,23-26H2,1-10H3. The monoisotopic (exact) mass is 885 g/mol.